The molecule has 11 rings (SSSR count). The van der Waals surface area contributed by atoms with Gasteiger partial charge < -0.3 is 140 Å². The van der Waals surface area contributed by atoms with E-state index in [-0.39, 0.29) is 195 Å². The van der Waals surface area contributed by atoms with E-state index in [0.717, 1.165) is 50.1 Å². The summed E-state index contributed by atoms with van der Waals surface area (Å²) in [5.74, 6) is -6.34. The van der Waals surface area contributed by atoms with Crippen molar-refractivity contribution >= 4 is 99.5 Å². The first-order valence-corrected chi connectivity index (χ1v) is 55.2. The number of aliphatic hydroxyl groups is 3. The van der Waals surface area contributed by atoms with E-state index in [1.54, 1.807) is 9.80 Å². The Labute approximate surface area is 862 Å². The topological polar surface area (TPSA) is 517 Å². The largest absolute Gasteiger partial charge is 0.493 e. The van der Waals surface area contributed by atoms with Crippen LogP contribution in [-0.4, -0.2) is 313 Å². The molecule has 0 spiro atoms. The maximum Gasteiger partial charge on any atom is 0.411 e. The van der Waals surface area contributed by atoms with Crippen LogP contribution in [0, 0.1) is 0 Å². The number of hydrogen-bond donors (Lipinski definition) is 8. The molecule has 5 aliphatic rings. The molecule has 12 atom stereocenters. The molecule has 1 aliphatic carbocycles. The van der Waals surface area contributed by atoms with E-state index in [1.165, 1.54) is 80.9 Å². The lowest BCUT2D eigenvalue weighted by Gasteiger charge is -2.43. The molecule has 4 heterocycles. The van der Waals surface area contributed by atoms with Crippen molar-refractivity contribution in [3.05, 3.63) is 149 Å². The Balaban J connectivity index is 0.713. The third-order valence-electron chi connectivity index (χ3n) is 26.6. The number of carboxylic acid groups (broad SMARTS) is 1. The van der Waals surface area contributed by atoms with E-state index < -0.39 is 151 Å². The maximum absolute atomic E-state index is 15.1. The number of aliphatic hydroxyl groups excluding tert-OH is 3. The van der Waals surface area contributed by atoms with E-state index in [1.807, 2.05) is 24.3 Å². The predicted molar refractivity (Wildman–Crippen MR) is 538 cm³/mol. The number of likely N-dealkylation sites (tertiary alicyclic amines) is 2. The molecule has 42 nitrogen and oxygen atoms in total. The summed E-state index contributed by atoms with van der Waals surface area (Å²) < 4.78 is 122. The van der Waals surface area contributed by atoms with Gasteiger partial charge in [-0.1, -0.05) is 108 Å². The average molecular weight is 2110 g/mol. The number of carbonyl (C=O) groups excluding carboxylic acids is 10. The number of esters is 4. The number of carboxylic acids is 1. The van der Waals surface area contributed by atoms with Gasteiger partial charge in [0.2, 0.25) is 24.6 Å². The van der Waals surface area contributed by atoms with Gasteiger partial charge in [0.25, 0.3) is 11.8 Å². The van der Waals surface area contributed by atoms with Gasteiger partial charge in [-0.25, -0.2) is 24.0 Å². The van der Waals surface area contributed by atoms with Crippen LogP contribution >= 0.6 is 0 Å². The van der Waals surface area contributed by atoms with Gasteiger partial charge in [-0.15, -0.1) is 0 Å². The Hall–Kier alpha value is -12.3. The summed E-state index contributed by atoms with van der Waals surface area (Å²) in [6.07, 6.45) is -16.9. The number of nitrogens with one attached hydrogen (secondary N) is 4. The van der Waals surface area contributed by atoms with Gasteiger partial charge in [0.1, 0.15) is 49.6 Å². The molecule has 4 saturated heterocycles. The number of alkyl carbamates (subject to hydrolysis) is 1. The van der Waals surface area contributed by atoms with Gasteiger partial charge in [0, 0.05) is 58.5 Å². The monoisotopic (exact) mass is 2100 g/mol. The zero-order valence-electron chi connectivity index (χ0n) is 86.6. The van der Waals surface area contributed by atoms with Gasteiger partial charge in [-0.2, -0.15) is 0 Å². The molecule has 6 aromatic rings. The molecule has 8 N–H and O–H groups in total. The summed E-state index contributed by atoms with van der Waals surface area (Å²) >= 11 is 0. The Morgan fingerprint density at radius 2 is 0.926 bits per heavy atom. The lowest BCUT2D eigenvalue weighted by atomic mass is 9.97. The molecule has 0 saturated carbocycles. The van der Waals surface area contributed by atoms with Crippen LogP contribution in [0.5, 0.6) is 34.5 Å². The summed E-state index contributed by atoms with van der Waals surface area (Å²) in [5, 5.41) is 52.7. The van der Waals surface area contributed by atoms with Crippen LogP contribution in [0.1, 0.15) is 163 Å². The highest BCUT2D eigenvalue weighted by Crippen LogP contribution is 2.47. The van der Waals surface area contributed by atoms with E-state index in [9.17, 15) is 63.6 Å². The minimum atomic E-state index is -2.30. The number of aliphatic carboxylic acids is 1. The summed E-state index contributed by atoms with van der Waals surface area (Å²) in [4.78, 5) is 151. The molecule has 148 heavy (non-hydrogen) atoms. The Bertz CT molecular complexity index is 5480. The zero-order valence-corrected chi connectivity index (χ0v) is 88.6. The number of methoxy groups -OCH3 is 3. The van der Waals surface area contributed by atoms with E-state index in [4.69, 9.17) is 98.9 Å². The van der Waals surface area contributed by atoms with Crippen LogP contribution in [0.3, 0.4) is 0 Å². The van der Waals surface area contributed by atoms with Crippen molar-refractivity contribution < 1.29 is 172 Å². The first-order chi connectivity index (χ1) is 70.5. The van der Waals surface area contributed by atoms with Crippen molar-refractivity contribution in [3.63, 3.8) is 0 Å². The standard InChI is InChI=1S/C104H140N6O36Si2/c1-62(111)140-90-91(141-63(2)112)93(142-64(3)113)99(146-92(90)97(122)128-12)143-69-35-32-65(33-36-69)57-135-101(124)107-77-55-83(81(126-10)53-74(77)94(118)109-40-24-26-67(109)59-138-147(13,14)103(4,5)6)133-42-22-17-23-43-134-84-56-78(75(54-82(84)127-11)95(119)110-41-25-27-68(110)60-139-148(15,16)104(7,8)9)108-102(125)136-58-66-34-37-80(144-98-88(117)86(115)87(116)89(145-98)96(120)121)79(52-66)106-85(114)38-44-129-46-48-131-50-51-132-49-47-130-45-39-105-100(123)137-61-76-72-30-20-18-28-70(72)71-29-19-21-31-73(71)76/h18-21,28-37,52-56,67-68,76,86-93,98-99,115-117H,17,22-27,38-51,57-61H2,1-16H3,(H,105,123)(H,106,114)(H,107,124)(H,108,125)(H,120,121)/t67-,68-,86-,87-,88+,89-,90-,91-,92-,93+,98+,99+/m0/s1. The molecular weight excluding hydrogens is 1970 g/mol. The fourth-order valence-corrected chi connectivity index (χ4v) is 18.7. The molecule has 810 valence electrons. The number of ether oxygens (including phenoxy) is 19. The number of rotatable bonds is 51. The van der Waals surface area contributed by atoms with Crippen molar-refractivity contribution in [2.75, 3.05) is 143 Å². The van der Waals surface area contributed by atoms with E-state index >= 15 is 9.59 Å². The number of benzene rings is 6. The fraction of sp³-hybridized carbons (Fsp3) is 0.548. The van der Waals surface area contributed by atoms with Crippen LogP contribution in [0.2, 0.25) is 36.3 Å². The van der Waals surface area contributed by atoms with Crippen LogP contribution < -0.4 is 49.7 Å². The second-order valence-corrected chi connectivity index (χ2v) is 48.7. The van der Waals surface area contributed by atoms with Crippen molar-refractivity contribution in [2.45, 2.75) is 243 Å². The average Bonchev–Trinajstić information content (AvgIpc) is 1.44. The highest BCUT2D eigenvalue weighted by atomic mass is 28.4. The van der Waals surface area contributed by atoms with Gasteiger partial charge in [-0.3, -0.25) is 39.4 Å². The number of fused-ring (bicyclic) bond motifs is 3. The lowest BCUT2D eigenvalue weighted by molar-refractivity contribution is -0.282. The van der Waals surface area contributed by atoms with Gasteiger partial charge >= 0.3 is 48.1 Å². The fourth-order valence-electron chi connectivity index (χ4n) is 16.6. The quantitative estimate of drug-likeness (QED) is 0.00761. The van der Waals surface area contributed by atoms with Crippen LogP contribution in [0.15, 0.2) is 115 Å². The summed E-state index contributed by atoms with van der Waals surface area (Å²) in [6.45, 7) is 27.0. The number of hydrogen-bond acceptors (Lipinski definition) is 35. The van der Waals surface area contributed by atoms with E-state index in [2.05, 4.69) is 113 Å². The van der Waals surface area contributed by atoms with Crippen molar-refractivity contribution in [2.24, 2.45) is 0 Å². The van der Waals surface area contributed by atoms with Crippen molar-refractivity contribution in [3.8, 4) is 45.6 Å². The van der Waals surface area contributed by atoms with E-state index in [0.29, 0.717) is 70.2 Å². The Morgan fingerprint density at radius 1 is 0.453 bits per heavy atom. The molecule has 44 heteroatoms. The first-order valence-electron chi connectivity index (χ1n) is 49.4. The third kappa shape index (κ3) is 31.9. The zero-order chi connectivity index (χ0) is 107. The first kappa shape index (κ1) is 116. The van der Waals surface area contributed by atoms with Crippen LogP contribution in [0.25, 0.3) is 11.1 Å². The molecule has 0 radical (unpaired) electrons. The van der Waals surface area contributed by atoms with Crippen molar-refractivity contribution in [1.29, 1.82) is 0 Å². The van der Waals surface area contributed by atoms with Crippen LogP contribution in [-0.2, 0) is 112 Å². The molecule has 4 aliphatic heterocycles. The summed E-state index contributed by atoms with van der Waals surface area (Å²) in [6, 6.07) is 31.6. The molecule has 6 aromatic carbocycles. The SMILES string of the molecule is COC(=O)[C@H]1O[C@@H](Oc2ccc(COC(=O)Nc3cc(OCCCCCOc4cc(NC(=O)OCc5ccc(O[C@@H]6O[C@H](C(=O)O)[C@@H](O)[C@H](O)[C@H]6O)c(NC(=O)CCOCCOCCOCCOCCNC(=O)OCC6c7ccccc7-c7ccccc76)c5)c(C(=O)N5CCC[C@H]5CO[Si](C)(C)C(C)(C)C)cc4OC)c(OC)cc3C(=O)N3CCC[C@H]3CO[Si](C)(C)C(C)(C)C)cc2)[C@H](OC(C)=O)[C@@H](OC(C)=O)[C@@H]1OC(C)=O. The predicted octanol–water partition coefficient (Wildman–Crippen LogP) is 12.4. The normalized spacial score (nSPS) is 20.2. The minimum Gasteiger partial charge on any atom is -0.493 e. The second kappa shape index (κ2) is 54.2. The molecular formula is C104H140N6O36Si2. The summed E-state index contributed by atoms with van der Waals surface area (Å²) in [5.41, 5.74) is 5.21. The lowest BCUT2D eigenvalue weighted by Crippen LogP contribution is -2.64. The van der Waals surface area contributed by atoms with Gasteiger partial charge in [-0.05, 0) is 151 Å². The minimum absolute atomic E-state index is 0.0125. The van der Waals surface area contributed by atoms with Crippen LogP contribution in [0.4, 0.5) is 31.4 Å². The Morgan fingerprint density at radius 3 is 1.42 bits per heavy atom. The second-order valence-electron chi connectivity index (χ2n) is 39.1. The third-order valence-corrected chi connectivity index (χ3v) is 35.6. The molecule has 6 amide bonds. The van der Waals surface area contributed by atoms with Gasteiger partial charge in [0.05, 0.1) is 147 Å². The highest BCUT2D eigenvalue weighted by molar-refractivity contribution is 6.74. The highest BCUT2D eigenvalue weighted by Gasteiger charge is 2.57. The van der Waals surface area contributed by atoms with Gasteiger partial charge in [0.15, 0.2) is 64.0 Å². The molecule has 4 fully saturated rings. The number of nitrogens with zero attached hydrogens (tertiary/aromatic N) is 2. The number of amides is 6. The number of anilines is 3. The number of unbranched alkanes of at least 4 members (excludes halogenated alkanes) is 2. The summed E-state index contributed by atoms with van der Waals surface area (Å²) in [7, 11) is -0.690. The number of carbonyl (C=O) groups is 11. The maximum atomic E-state index is 15.1. The smallest absolute Gasteiger partial charge is 0.411 e. The molecule has 0 bridgehead atoms. The van der Waals surface area contributed by atoms with Crippen molar-refractivity contribution in [1.82, 2.24) is 15.1 Å². The molecule has 0 unspecified atom stereocenters. The molecule has 0 aromatic heterocycles. The Kier molecular flexibility index (Phi) is 42.5.